The van der Waals surface area contributed by atoms with Gasteiger partial charge in [0.2, 0.25) is 0 Å². The Morgan fingerprint density at radius 2 is 1.81 bits per heavy atom. The Morgan fingerprint density at radius 3 is 2.59 bits per heavy atom. The number of aromatic nitrogens is 3. The second kappa shape index (κ2) is 12.5. The molecule has 6 nitrogen and oxygen atoms in total. The minimum absolute atomic E-state index is 0.0141. The first-order chi connectivity index (χ1) is 18.2. The number of fused-ring (bicyclic) bond motifs is 1. The lowest BCUT2D eigenvalue weighted by Gasteiger charge is -2.45. The van der Waals surface area contributed by atoms with E-state index in [-0.39, 0.29) is 37.1 Å². The maximum Gasteiger partial charge on any atom is 0.0863 e. The summed E-state index contributed by atoms with van der Waals surface area (Å²) in [5.74, 6) is 6.56. The number of aliphatic hydroxyl groups is 1. The Morgan fingerprint density at radius 1 is 0.973 bits per heavy atom. The van der Waals surface area contributed by atoms with E-state index in [1.54, 1.807) is 0 Å². The molecule has 0 amide bonds. The van der Waals surface area contributed by atoms with Crippen LogP contribution in [0.2, 0.25) is 0 Å². The fraction of sp³-hybridized carbons (Fsp3) is 0.484. The lowest BCUT2D eigenvalue weighted by molar-refractivity contribution is -0.209. The van der Waals surface area contributed by atoms with E-state index in [4.69, 9.17) is 9.47 Å². The predicted molar refractivity (Wildman–Crippen MR) is 143 cm³/mol. The van der Waals surface area contributed by atoms with Crippen molar-refractivity contribution in [3.63, 3.8) is 0 Å². The molecule has 0 aliphatic carbocycles. The van der Waals surface area contributed by atoms with Gasteiger partial charge >= 0.3 is 0 Å². The third-order valence-electron chi connectivity index (χ3n) is 7.45. The van der Waals surface area contributed by atoms with Crippen LogP contribution in [0.5, 0.6) is 0 Å². The number of hydrogen-bond donors (Lipinski definition) is 1. The fourth-order valence-electron chi connectivity index (χ4n) is 5.43. The van der Waals surface area contributed by atoms with Crippen LogP contribution in [-0.2, 0) is 28.7 Å². The van der Waals surface area contributed by atoms with Gasteiger partial charge in [-0.25, -0.2) is 4.68 Å². The van der Waals surface area contributed by atoms with Gasteiger partial charge in [-0.2, -0.15) is 0 Å². The molecule has 37 heavy (non-hydrogen) atoms. The summed E-state index contributed by atoms with van der Waals surface area (Å²) < 4.78 is 14.8. The normalized spacial score (nSPS) is 25.2. The van der Waals surface area contributed by atoms with E-state index in [1.807, 2.05) is 22.9 Å². The Labute approximate surface area is 220 Å². The average Bonchev–Trinajstić information content (AvgIpc) is 3.41. The molecule has 1 aromatic heterocycles. The number of rotatable bonds is 8. The third-order valence-corrected chi connectivity index (χ3v) is 7.45. The summed E-state index contributed by atoms with van der Waals surface area (Å²) in [5.41, 5.74) is 4.58. The SMILES string of the molecule is CCCc1cn([C@H]2C[C@@H]3O[C@H](CO)CC[C@@H]3O[C@@H]2CCc2ccc(C#CCc3ccccc3)cc2)nn1. The van der Waals surface area contributed by atoms with Gasteiger partial charge in [0, 0.05) is 24.6 Å². The van der Waals surface area contributed by atoms with Crippen molar-refractivity contribution in [3.05, 3.63) is 83.2 Å². The summed E-state index contributed by atoms with van der Waals surface area (Å²) >= 11 is 0. The molecule has 2 saturated heterocycles. The molecule has 1 N–H and O–H groups in total. The molecule has 2 aliphatic heterocycles. The zero-order valence-corrected chi connectivity index (χ0v) is 21.6. The maximum atomic E-state index is 9.61. The first-order valence-electron chi connectivity index (χ1n) is 13.7. The average molecular weight is 500 g/mol. The first-order valence-corrected chi connectivity index (χ1v) is 13.7. The van der Waals surface area contributed by atoms with E-state index in [0.717, 1.165) is 62.6 Å². The zero-order chi connectivity index (χ0) is 25.5. The Balaban J connectivity index is 1.23. The van der Waals surface area contributed by atoms with Crippen LogP contribution in [0.1, 0.15) is 67.5 Å². The van der Waals surface area contributed by atoms with Crippen LogP contribution in [0.3, 0.4) is 0 Å². The van der Waals surface area contributed by atoms with Gasteiger partial charge in [-0.15, -0.1) is 5.10 Å². The molecular weight excluding hydrogens is 462 g/mol. The van der Waals surface area contributed by atoms with Crippen LogP contribution >= 0.6 is 0 Å². The van der Waals surface area contributed by atoms with E-state index in [0.29, 0.717) is 0 Å². The van der Waals surface area contributed by atoms with E-state index in [1.165, 1.54) is 11.1 Å². The number of aryl methyl sites for hydroxylation is 2. The van der Waals surface area contributed by atoms with Gasteiger partial charge in [0.15, 0.2) is 0 Å². The quantitative estimate of drug-likeness (QED) is 0.455. The molecule has 2 aliphatic rings. The van der Waals surface area contributed by atoms with Crippen molar-refractivity contribution in [2.75, 3.05) is 6.61 Å². The molecular formula is C31H37N3O3. The van der Waals surface area contributed by atoms with Crippen LogP contribution in [0.4, 0.5) is 0 Å². The van der Waals surface area contributed by atoms with Crippen molar-refractivity contribution in [2.45, 2.75) is 88.7 Å². The van der Waals surface area contributed by atoms with Gasteiger partial charge in [0.25, 0.3) is 0 Å². The molecule has 0 spiro atoms. The summed E-state index contributed by atoms with van der Waals surface area (Å²) in [4.78, 5) is 0. The van der Waals surface area contributed by atoms with Crippen LogP contribution in [-0.4, -0.2) is 51.1 Å². The largest absolute Gasteiger partial charge is 0.394 e. The van der Waals surface area contributed by atoms with Crippen molar-refractivity contribution in [3.8, 4) is 11.8 Å². The first kappa shape index (κ1) is 25.7. The van der Waals surface area contributed by atoms with Gasteiger partial charge in [-0.1, -0.05) is 72.9 Å². The zero-order valence-electron chi connectivity index (χ0n) is 21.6. The molecule has 6 heteroatoms. The van der Waals surface area contributed by atoms with Gasteiger partial charge in [0.05, 0.1) is 42.8 Å². The predicted octanol–water partition coefficient (Wildman–Crippen LogP) is 4.70. The highest BCUT2D eigenvalue weighted by Crippen LogP contribution is 2.38. The lowest BCUT2D eigenvalue weighted by atomic mass is 9.88. The third kappa shape index (κ3) is 6.67. The van der Waals surface area contributed by atoms with E-state index < -0.39 is 0 Å². The van der Waals surface area contributed by atoms with Crippen molar-refractivity contribution in [1.29, 1.82) is 0 Å². The molecule has 2 aromatic carbocycles. The second-order valence-electron chi connectivity index (χ2n) is 10.2. The lowest BCUT2D eigenvalue weighted by Crippen LogP contribution is -2.51. The Hall–Kier alpha value is -2.98. The van der Waals surface area contributed by atoms with Crippen LogP contribution in [0.15, 0.2) is 60.8 Å². The van der Waals surface area contributed by atoms with Gasteiger partial charge in [-0.3, -0.25) is 0 Å². The topological polar surface area (TPSA) is 69.4 Å². The van der Waals surface area contributed by atoms with Crippen LogP contribution in [0.25, 0.3) is 0 Å². The minimum atomic E-state index is -0.0947. The van der Waals surface area contributed by atoms with Crippen molar-refractivity contribution >= 4 is 0 Å². The highest BCUT2D eigenvalue weighted by Gasteiger charge is 2.43. The smallest absolute Gasteiger partial charge is 0.0863 e. The van der Waals surface area contributed by atoms with Gasteiger partial charge in [-0.05, 0) is 55.4 Å². The number of benzene rings is 2. The number of hydrogen-bond acceptors (Lipinski definition) is 5. The van der Waals surface area contributed by atoms with E-state index in [9.17, 15) is 5.11 Å². The number of ether oxygens (including phenoxy) is 2. The highest BCUT2D eigenvalue weighted by atomic mass is 16.6. The Bertz CT molecular complexity index is 1180. The molecule has 0 saturated carbocycles. The summed E-state index contributed by atoms with van der Waals surface area (Å²) in [6, 6.07) is 19.0. The van der Waals surface area contributed by atoms with Crippen molar-refractivity contribution in [1.82, 2.24) is 15.0 Å². The van der Waals surface area contributed by atoms with Crippen LogP contribution in [0, 0.1) is 11.8 Å². The monoisotopic (exact) mass is 499 g/mol. The fourth-order valence-corrected chi connectivity index (χ4v) is 5.43. The standard InChI is InChI=1S/C31H37N3O3/c1-2-7-26-21-34(33-32-26)28-20-31-30(19-17-27(22-35)36-31)37-29(28)18-16-25-14-12-24(13-15-25)11-6-10-23-8-4-3-5-9-23/h3-5,8-9,12-15,21,27-31,35H,2,7,10,16-20,22H2,1H3/t27-,28-,29+,30-,31-/m0/s1. The minimum Gasteiger partial charge on any atom is -0.394 e. The maximum absolute atomic E-state index is 9.61. The summed E-state index contributed by atoms with van der Waals surface area (Å²) in [7, 11) is 0. The van der Waals surface area contributed by atoms with Crippen molar-refractivity contribution < 1.29 is 14.6 Å². The molecule has 3 aromatic rings. The molecule has 194 valence electrons. The molecule has 2 fully saturated rings. The highest BCUT2D eigenvalue weighted by molar-refractivity contribution is 5.37. The molecule has 3 heterocycles. The van der Waals surface area contributed by atoms with E-state index in [2.05, 4.69) is 71.7 Å². The number of aliphatic hydroxyl groups excluding tert-OH is 1. The molecule has 0 radical (unpaired) electrons. The van der Waals surface area contributed by atoms with E-state index >= 15 is 0 Å². The summed E-state index contributed by atoms with van der Waals surface area (Å²) in [6.07, 6.45) is 9.22. The molecule has 0 unspecified atom stereocenters. The molecule has 5 rings (SSSR count). The summed E-state index contributed by atoms with van der Waals surface area (Å²) in [6.45, 7) is 2.22. The van der Waals surface area contributed by atoms with Crippen LogP contribution < -0.4 is 0 Å². The Kier molecular flexibility index (Phi) is 8.68. The molecule has 0 bridgehead atoms. The number of nitrogens with zero attached hydrogens (tertiary/aromatic N) is 3. The van der Waals surface area contributed by atoms with Crippen molar-refractivity contribution in [2.24, 2.45) is 0 Å². The second-order valence-corrected chi connectivity index (χ2v) is 10.2. The van der Waals surface area contributed by atoms with Gasteiger partial charge in [0.1, 0.15) is 0 Å². The molecule has 5 atom stereocenters. The van der Waals surface area contributed by atoms with Gasteiger partial charge < -0.3 is 14.6 Å². The summed E-state index contributed by atoms with van der Waals surface area (Å²) in [5, 5.41) is 18.5.